The normalized spacial score (nSPS) is 11.9. The monoisotopic (exact) mass is 265 g/mol. The predicted octanol–water partition coefficient (Wildman–Crippen LogP) is 1.61. The molecule has 1 atom stereocenters. The fraction of sp³-hybridized carbons (Fsp3) is 0.375. The van der Waals surface area contributed by atoms with Crippen LogP contribution in [0.2, 0.25) is 0 Å². The van der Waals surface area contributed by atoms with E-state index in [0.29, 0.717) is 6.54 Å². The van der Waals surface area contributed by atoms with Crippen LogP contribution in [0, 0.1) is 0 Å². The van der Waals surface area contributed by atoms with Gasteiger partial charge in [-0.05, 0) is 41.0 Å². The van der Waals surface area contributed by atoms with Gasteiger partial charge < -0.3 is 11.5 Å². The molecule has 74 valence electrons. The summed E-state index contributed by atoms with van der Waals surface area (Å²) < 4.78 is 0.964. The summed E-state index contributed by atoms with van der Waals surface area (Å²) >= 11 is 3.31. The number of rotatable bonds is 3. The largest absolute Gasteiger partial charge is 0.330 e. The minimum absolute atomic E-state index is 0. The van der Waals surface area contributed by atoms with E-state index in [1.807, 2.05) is 12.1 Å². The molecule has 0 amide bonds. The van der Waals surface area contributed by atoms with Crippen molar-refractivity contribution in [3.63, 3.8) is 0 Å². The van der Waals surface area contributed by atoms with E-state index in [-0.39, 0.29) is 18.4 Å². The van der Waals surface area contributed by atoms with E-state index < -0.39 is 0 Å². The lowest BCUT2D eigenvalue weighted by Crippen LogP contribution is -2.16. The number of aromatic nitrogens is 1. The van der Waals surface area contributed by atoms with Crippen LogP contribution < -0.4 is 11.5 Å². The van der Waals surface area contributed by atoms with Gasteiger partial charge >= 0.3 is 0 Å². The number of nitrogens with zero attached hydrogens (tertiary/aromatic N) is 1. The standard InChI is InChI=1S/C8H12BrN3.ClH/c9-6-1-2-8(12-5-6)7(11)3-4-10;/h1-2,5,7H,3-4,10-11H2;1H/t7-;/m1./s1. The topological polar surface area (TPSA) is 64.9 Å². The maximum atomic E-state index is 5.80. The van der Waals surface area contributed by atoms with Crippen LogP contribution in [0.5, 0.6) is 0 Å². The zero-order valence-electron chi connectivity index (χ0n) is 7.11. The van der Waals surface area contributed by atoms with Crippen molar-refractivity contribution in [3.8, 4) is 0 Å². The molecule has 0 aliphatic rings. The van der Waals surface area contributed by atoms with Crippen LogP contribution >= 0.6 is 28.3 Å². The zero-order chi connectivity index (χ0) is 8.97. The van der Waals surface area contributed by atoms with Crippen molar-refractivity contribution < 1.29 is 0 Å². The summed E-state index contributed by atoms with van der Waals surface area (Å²) in [5, 5.41) is 0. The average molecular weight is 267 g/mol. The highest BCUT2D eigenvalue weighted by Gasteiger charge is 2.04. The first-order valence-electron chi connectivity index (χ1n) is 3.81. The van der Waals surface area contributed by atoms with Gasteiger partial charge in [-0.15, -0.1) is 12.4 Å². The molecule has 0 aliphatic carbocycles. The van der Waals surface area contributed by atoms with Crippen molar-refractivity contribution in [1.29, 1.82) is 0 Å². The van der Waals surface area contributed by atoms with Gasteiger partial charge in [0.15, 0.2) is 0 Å². The highest BCUT2D eigenvalue weighted by atomic mass is 79.9. The molecule has 0 saturated heterocycles. The van der Waals surface area contributed by atoms with Gasteiger partial charge in [0.1, 0.15) is 0 Å². The highest BCUT2D eigenvalue weighted by Crippen LogP contribution is 2.13. The molecule has 1 aromatic heterocycles. The second-order valence-electron chi connectivity index (χ2n) is 2.59. The number of nitrogens with two attached hydrogens (primary N) is 2. The lowest BCUT2D eigenvalue weighted by atomic mass is 10.1. The van der Waals surface area contributed by atoms with Crippen molar-refractivity contribution in [1.82, 2.24) is 4.98 Å². The molecule has 0 aromatic carbocycles. The summed E-state index contributed by atoms with van der Waals surface area (Å²) in [5.74, 6) is 0. The van der Waals surface area contributed by atoms with E-state index in [4.69, 9.17) is 11.5 Å². The summed E-state index contributed by atoms with van der Waals surface area (Å²) in [4.78, 5) is 4.17. The molecule has 5 heteroatoms. The Hall–Kier alpha value is -0.160. The Balaban J connectivity index is 0.00000144. The number of halogens is 2. The highest BCUT2D eigenvalue weighted by molar-refractivity contribution is 9.10. The Labute approximate surface area is 92.4 Å². The first-order chi connectivity index (χ1) is 5.74. The first-order valence-corrected chi connectivity index (χ1v) is 4.60. The van der Waals surface area contributed by atoms with Crippen molar-refractivity contribution in [3.05, 3.63) is 28.5 Å². The molecule has 0 fully saturated rings. The van der Waals surface area contributed by atoms with Gasteiger partial charge in [0.2, 0.25) is 0 Å². The molecule has 1 heterocycles. The summed E-state index contributed by atoms with van der Waals surface area (Å²) in [6.45, 7) is 0.596. The van der Waals surface area contributed by atoms with Gasteiger partial charge in [0.05, 0.1) is 5.69 Å². The summed E-state index contributed by atoms with van der Waals surface area (Å²) in [6.07, 6.45) is 2.51. The predicted molar refractivity (Wildman–Crippen MR) is 59.8 cm³/mol. The number of hydrogen-bond acceptors (Lipinski definition) is 3. The minimum atomic E-state index is -0.0388. The van der Waals surface area contributed by atoms with Crippen LogP contribution in [0.1, 0.15) is 18.2 Å². The van der Waals surface area contributed by atoms with E-state index >= 15 is 0 Å². The maximum Gasteiger partial charge on any atom is 0.0572 e. The van der Waals surface area contributed by atoms with Crippen molar-refractivity contribution in [2.24, 2.45) is 11.5 Å². The molecule has 0 aliphatic heterocycles. The fourth-order valence-corrected chi connectivity index (χ4v) is 1.17. The van der Waals surface area contributed by atoms with Gasteiger partial charge in [-0.1, -0.05) is 0 Å². The van der Waals surface area contributed by atoms with Crippen molar-refractivity contribution in [2.75, 3.05) is 6.54 Å². The lowest BCUT2D eigenvalue weighted by Gasteiger charge is -2.08. The molecular weight excluding hydrogens is 253 g/mol. The molecule has 13 heavy (non-hydrogen) atoms. The van der Waals surface area contributed by atoms with Crippen LogP contribution in [0.3, 0.4) is 0 Å². The quantitative estimate of drug-likeness (QED) is 0.874. The van der Waals surface area contributed by atoms with E-state index in [0.717, 1.165) is 16.6 Å². The average Bonchev–Trinajstić information content (AvgIpc) is 2.06. The van der Waals surface area contributed by atoms with Gasteiger partial charge in [0.25, 0.3) is 0 Å². The van der Waals surface area contributed by atoms with E-state index in [1.54, 1.807) is 6.20 Å². The molecule has 3 nitrogen and oxygen atoms in total. The van der Waals surface area contributed by atoms with Crippen molar-refractivity contribution >= 4 is 28.3 Å². The molecule has 4 N–H and O–H groups in total. The Morgan fingerprint density at radius 3 is 2.62 bits per heavy atom. The van der Waals surface area contributed by atoms with Crippen molar-refractivity contribution in [2.45, 2.75) is 12.5 Å². The van der Waals surface area contributed by atoms with Crippen LogP contribution in [-0.2, 0) is 0 Å². The Kier molecular flexibility index (Phi) is 6.24. The van der Waals surface area contributed by atoms with Gasteiger partial charge in [0, 0.05) is 16.7 Å². The Bertz CT molecular complexity index is 240. The third-order valence-electron chi connectivity index (χ3n) is 1.61. The molecule has 0 saturated carbocycles. The zero-order valence-corrected chi connectivity index (χ0v) is 9.51. The van der Waals surface area contributed by atoms with E-state index in [9.17, 15) is 0 Å². The smallest absolute Gasteiger partial charge is 0.0572 e. The molecule has 0 unspecified atom stereocenters. The van der Waals surface area contributed by atoms with Crippen LogP contribution in [0.25, 0.3) is 0 Å². The van der Waals surface area contributed by atoms with Crippen LogP contribution in [-0.4, -0.2) is 11.5 Å². The number of pyridine rings is 1. The first kappa shape index (κ1) is 12.8. The SMILES string of the molecule is Cl.NCC[C@@H](N)c1ccc(Br)cn1. The number of hydrogen-bond donors (Lipinski definition) is 2. The minimum Gasteiger partial charge on any atom is -0.330 e. The molecule has 0 spiro atoms. The molecule has 1 rings (SSSR count). The third kappa shape index (κ3) is 4.04. The maximum absolute atomic E-state index is 5.80. The van der Waals surface area contributed by atoms with Crippen LogP contribution in [0.15, 0.2) is 22.8 Å². The Morgan fingerprint density at radius 1 is 1.46 bits per heavy atom. The molecule has 0 radical (unpaired) electrons. The van der Waals surface area contributed by atoms with Gasteiger partial charge in [-0.2, -0.15) is 0 Å². The lowest BCUT2D eigenvalue weighted by molar-refractivity contribution is 0.642. The second kappa shape index (κ2) is 6.32. The molecular formula is C8H13BrClN3. The second-order valence-corrected chi connectivity index (χ2v) is 3.50. The molecule has 1 aromatic rings. The molecule has 0 bridgehead atoms. The van der Waals surface area contributed by atoms with Gasteiger partial charge in [-0.3, -0.25) is 4.98 Å². The van der Waals surface area contributed by atoms with Gasteiger partial charge in [-0.25, -0.2) is 0 Å². The summed E-state index contributed by atoms with van der Waals surface area (Å²) in [7, 11) is 0. The van der Waals surface area contributed by atoms with E-state index in [2.05, 4.69) is 20.9 Å². The third-order valence-corrected chi connectivity index (χ3v) is 2.08. The summed E-state index contributed by atoms with van der Waals surface area (Å²) in [6, 6.07) is 3.80. The Morgan fingerprint density at radius 2 is 2.15 bits per heavy atom. The van der Waals surface area contributed by atoms with E-state index in [1.165, 1.54) is 0 Å². The fourth-order valence-electron chi connectivity index (χ4n) is 0.934. The summed E-state index contributed by atoms with van der Waals surface area (Å²) in [5.41, 5.74) is 12.1. The van der Waals surface area contributed by atoms with Crippen LogP contribution in [0.4, 0.5) is 0 Å².